The number of carbonyl (C=O) groups excluding carboxylic acids is 2. The van der Waals surface area contributed by atoms with Crippen LogP contribution in [-0.2, 0) is 28.5 Å². The van der Waals surface area contributed by atoms with Crippen LogP contribution in [0.5, 0.6) is 0 Å². The largest absolute Gasteiger partial charge is 0.462 e. The van der Waals surface area contributed by atoms with Gasteiger partial charge >= 0.3 is 11.9 Å². The van der Waals surface area contributed by atoms with Gasteiger partial charge < -0.3 is 34.3 Å². The fourth-order valence-electron chi connectivity index (χ4n) is 6.46. The van der Waals surface area contributed by atoms with Gasteiger partial charge in [0.1, 0.15) is 12.7 Å². The molecule has 0 aromatic heterocycles. The minimum Gasteiger partial charge on any atom is -0.462 e. The molecule has 1 fully saturated rings. The monoisotopic (exact) mass is 701 g/mol. The Hall–Kier alpha value is -1.26. The fraction of sp³-hybridized carbons (Fsp3) is 0.950. The molecule has 1 rings (SSSR count). The molecule has 49 heavy (non-hydrogen) atoms. The summed E-state index contributed by atoms with van der Waals surface area (Å²) >= 11 is 0. The van der Waals surface area contributed by atoms with E-state index < -0.39 is 36.6 Å². The zero-order valence-electron chi connectivity index (χ0n) is 31.8. The molecule has 9 nitrogen and oxygen atoms in total. The first kappa shape index (κ1) is 45.8. The molecule has 1 aliphatic heterocycles. The van der Waals surface area contributed by atoms with E-state index in [4.69, 9.17) is 18.9 Å². The van der Waals surface area contributed by atoms with Crippen LogP contribution in [0.15, 0.2) is 0 Å². The molecule has 0 bridgehead atoms. The summed E-state index contributed by atoms with van der Waals surface area (Å²) in [5.74, 6) is -1.21. The van der Waals surface area contributed by atoms with Crippen LogP contribution in [0.4, 0.5) is 0 Å². The lowest BCUT2D eigenvalue weighted by atomic mass is 9.91. The normalized spacial score (nSPS) is 21.5. The van der Waals surface area contributed by atoms with Gasteiger partial charge in [0.25, 0.3) is 0 Å². The van der Waals surface area contributed by atoms with Crippen molar-refractivity contribution in [2.24, 2.45) is 5.92 Å². The van der Waals surface area contributed by atoms with E-state index in [1.54, 1.807) is 6.92 Å². The van der Waals surface area contributed by atoms with Crippen LogP contribution in [-0.4, -0.2) is 77.8 Å². The van der Waals surface area contributed by atoms with Crippen molar-refractivity contribution in [2.45, 2.75) is 218 Å². The van der Waals surface area contributed by atoms with Gasteiger partial charge in [-0.25, -0.2) is 0 Å². The summed E-state index contributed by atoms with van der Waals surface area (Å²) in [6.07, 6.45) is 24.3. The number of ether oxygens (including phenoxy) is 4. The highest BCUT2D eigenvalue weighted by Crippen LogP contribution is 2.27. The number of rotatable bonds is 33. The first-order valence-electron chi connectivity index (χ1n) is 20.4. The molecule has 6 unspecified atom stereocenters. The van der Waals surface area contributed by atoms with E-state index >= 15 is 0 Å². The predicted molar refractivity (Wildman–Crippen MR) is 195 cm³/mol. The van der Waals surface area contributed by atoms with E-state index in [1.165, 1.54) is 116 Å². The Morgan fingerprint density at radius 3 is 1.43 bits per heavy atom. The van der Waals surface area contributed by atoms with E-state index in [2.05, 4.69) is 13.8 Å². The SMILES string of the molecule is CCCCCCCCCCCCCCCC(=O)OCC(COC1OC(CO)C(C)C(O)C1O)OC(=O)CCCCCCCCCCCCC. The van der Waals surface area contributed by atoms with Crippen molar-refractivity contribution in [1.82, 2.24) is 0 Å². The first-order valence-corrected chi connectivity index (χ1v) is 20.4. The molecule has 1 heterocycles. The van der Waals surface area contributed by atoms with Crippen LogP contribution in [0.1, 0.15) is 188 Å². The van der Waals surface area contributed by atoms with E-state index in [0.717, 1.165) is 38.5 Å². The van der Waals surface area contributed by atoms with Gasteiger partial charge in [-0.3, -0.25) is 9.59 Å². The lowest BCUT2D eigenvalue weighted by Gasteiger charge is -2.40. The molecule has 0 saturated carbocycles. The van der Waals surface area contributed by atoms with Crippen molar-refractivity contribution in [1.29, 1.82) is 0 Å². The molecule has 0 radical (unpaired) electrons. The number of esters is 2. The summed E-state index contributed by atoms with van der Waals surface area (Å²) in [4.78, 5) is 25.2. The van der Waals surface area contributed by atoms with Gasteiger partial charge in [-0.1, -0.05) is 162 Å². The Kier molecular flexibility index (Phi) is 29.4. The zero-order valence-corrected chi connectivity index (χ0v) is 31.8. The number of hydrogen-bond acceptors (Lipinski definition) is 9. The molecular weight excluding hydrogens is 624 g/mol. The van der Waals surface area contributed by atoms with Gasteiger partial charge in [0.2, 0.25) is 0 Å². The summed E-state index contributed by atoms with van der Waals surface area (Å²) in [7, 11) is 0. The predicted octanol–water partition coefficient (Wildman–Crippen LogP) is 8.72. The molecule has 3 N–H and O–H groups in total. The number of hydrogen-bond donors (Lipinski definition) is 3. The average molecular weight is 701 g/mol. The third-order valence-electron chi connectivity index (χ3n) is 9.89. The van der Waals surface area contributed by atoms with Gasteiger partial charge in [0, 0.05) is 18.8 Å². The van der Waals surface area contributed by atoms with Crippen molar-refractivity contribution in [2.75, 3.05) is 19.8 Å². The lowest BCUT2D eigenvalue weighted by molar-refractivity contribution is -0.293. The summed E-state index contributed by atoms with van der Waals surface area (Å²) < 4.78 is 22.5. The summed E-state index contributed by atoms with van der Waals surface area (Å²) in [6, 6.07) is 0. The summed E-state index contributed by atoms with van der Waals surface area (Å²) in [5, 5.41) is 30.5. The van der Waals surface area contributed by atoms with Crippen LogP contribution in [0.3, 0.4) is 0 Å². The average Bonchev–Trinajstić information content (AvgIpc) is 3.10. The minimum atomic E-state index is -1.33. The molecule has 1 aliphatic rings. The maximum atomic E-state index is 12.7. The van der Waals surface area contributed by atoms with E-state index in [0.29, 0.717) is 6.42 Å². The molecule has 1 saturated heterocycles. The second-order valence-corrected chi connectivity index (χ2v) is 14.5. The van der Waals surface area contributed by atoms with Crippen molar-refractivity contribution in [3.8, 4) is 0 Å². The van der Waals surface area contributed by atoms with Crippen LogP contribution < -0.4 is 0 Å². The second-order valence-electron chi connectivity index (χ2n) is 14.5. The third-order valence-corrected chi connectivity index (χ3v) is 9.89. The van der Waals surface area contributed by atoms with Gasteiger partial charge in [-0.05, 0) is 12.8 Å². The molecule has 0 amide bonds. The molecule has 0 aromatic rings. The third kappa shape index (κ3) is 23.8. The molecule has 0 aromatic carbocycles. The smallest absolute Gasteiger partial charge is 0.306 e. The molecular formula is C40H76O9. The summed E-state index contributed by atoms with van der Waals surface area (Å²) in [6.45, 7) is 5.49. The Labute approximate surface area is 299 Å². The quantitative estimate of drug-likeness (QED) is 0.0454. The number of aliphatic hydroxyl groups is 3. The van der Waals surface area contributed by atoms with Crippen molar-refractivity contribution in [3.05, 3.63) is 0 Å². The van der Waals surface area contributed by atoms with Gasteiger partial charge in [-0.2, -0.15) is 0 Å². The highest BCUT2D eigenvalue weighted by Gasteiger charge is 2.42. The fourth-order valence-corrected chi connectivity index (χ4v) is 6.46. The topological polar surface area (TPSA) is 132 Å². The molecule has 0 spiro atoms. The molecule has 9 heteroatoms. The number of unbranched alkanes of at least 4 members (excludes halogenated alkanes) is 22. The second kappa shape index (κ2) is 31.5. The number of carbonyl (C=O) groups is 2. The highest BCUT2D eigenvalue weighted by molar-refractivity contribution is 5.70. The van der Waals surface area contributed by atoms with Crippen LogP contribution in [0.25, 0.3) is 0 Å². The van der Waals surface area contributed by atoms with E-state index in [1.807, 2.05) is 0 Å². The van der Waals surface area contributed by atoms with Gasteiger partial charge in [-0.15, -0.1) is 0 Å². The standard InChI is InChI=1S/C40H76O9/c1-4-6-8-10-12-14-16-17-19-20-22-24-26-28-36(42)46-31-34(32-47-40-39(45)38(44)33(3)35(30-41)49-40)48-37(43)29-27-25-23-21-18-15-13-11-9-7-5-2/h33-35,38-41,44-45H,4-32H2,1-3H3. The van der Waals surface area contributed by atoms with Crippen LogP contribution in [0, 0.1) is 5.92 Å². The van der Waals surface area contributed by atoms with Gasteiger partial charge in [0.15, 0.2) is 12.4 Å². The maximum Gasteiger partial charge on any atom is 0.306 e. The highest BCUT2D eigenvalue weighted by atomic mass is 16.7. The Morgan fingerprint density at radius 1 is 0.592 bits per heavy atom. The van der Waals surface area contributed by atoms with Crippen LogP contribution in [0.2, 0.25) is 0 Å². The van der Waals surface area contributed by atoms with Crippen molar-refractivity contribution < 1.29 is 43.9 Å². The Bertz CT molecular complexity index is 777. The Balaban J connectivity index is 2.37. The first-order chi connectivity index (χ1) is 23.8. The maximum absolute atomic E-state index is 12.7. The lowest BCUT2D eigenvalue weighted by Crippen LogP contribution is -2.55. The van der Waals surface area contributed by atoms with Crippen LogP contribution >= 0.6 is 0 Å². The van der Waals surface area contributed by atoms with Crippen molar-refractivity contribution in [3.63, 3.8) is 0 Å². The zero-order chi connectivity index (χ0) is 36.0. The van der Waals surface area contributed by atoms with E-state index in [-0.39, 0.29) is 38.2 Å². The molecule has 290 valence electrons. The molecule has 6 atom stereocenters. The van der Waals surface area contributed by atoms with Gasteiger partial charge in [0.05, 0.1) is 25.4 Å². The van der Waals surface area contributed by atoms with E-state index in [9.17, 15) is 24.9 Å². The summed E-state index contributed by atoms with van der Waals surface area (Å²) in [5.41, 5.74) is 0. The minimum absolute atomic E-state index is 0.160. The van der Waals surface area contributed by atoms with Crippen molar-refractivity contribution >= 4 is 11.9 Å². The Morgan fingerprint density at radius 2 is 1.00 bits per heavy atom. The number of aliphatic hydroxyl groups excluding tert-OH is 3. The molecule has 0 aliphatic carbocycles.